The predicted molar refractivity (Wildman–Crippen MR) is 67.2 cm³/mol. The second-order valence-electron chi connectivity index (χ2n) is 5.17. The van der Waals surface area contributed by atoms with Gasteiger partial charge in [0, 0.05) is 12.6 Å². The van der Waals surface area contributed by atoms with Gasteiger partial charge < -0.3 is 9.84 Å². The summed E-state index contributed by atoms with van der Waals surface area (Å²) in [7, 11) is 0. The van der Waals surface area contributed by atoms with Crippen LogP contribution in [0.3, 0.4) is 0 Å². The number of carboxylic acids is 1. The molecular weight excluding hydrogens is 218 g/mol. The summed E-state index contributed by atoms with van der Waals surface area (Å²) in [6.07, 6.45) is 6.78. The van der Waals surface area contributed by atoms with E-state index in [4.69, 9.17) is 4.74 Å². The van der Waals surface area contributed by atoms with Gasteiger partial charge in [-0.15, -0.1) is 0 Å². The Morgan fingerprint density at radius 1 is 1.41 bits per heavy atom. The standard InChI is InChI=1S/C13H25NO3/c1-3-4-5-6-9-17-10-13(2,12(15)16)14-11-7-8-11/h11,14H,3-10H2,1-2H3,(H,15,16). The van der Waals surface area contributed by atoms with E-state index in [1.54, 1.807) is 6.92 Å². The van der Waals surface area contributed by atoms with Crippen molar-refractivity contribution >= 4 is 5.97 Å². The third-order valence-corrected chi connectivity index (χ3v) is 3.11. The lowest BCUT2D eigenvalue weighted by Crippen LogP contribution is -2.54. The fourth-order valence-corrected chi connectivity index (χ4v) is 1.75. The number of rotatable bonds is 10. The summed E-state index contributed by atoms with van der Waals surface area (Å²) in [4.78, 5) is 11.2. The first-order valence-corrected chi connectivity index (χ1v) is 6.67. The van der Waals surface area contributed by atoms with Gasteiger partial charge in [0.15, 0.2) is 0 Å². The minimum atomic E-state index is -0.925. The van der Waals surface area contributed by atoms with E-state index in [1.807, 2.05) is 0 Å². The lowest BCUT2D eigenvalue weighted by Gasteiger charge is -2.26. The zero-order valence-electron chi connectivity index (χ0n) is 11.0. The molecule has 0 spiro atoms. The number of carboxylic acid groups (broad SMARTS) is 1. The van der Waals surface area contributed by atoms with E-state index < -0.39 is 11.5 Å². The smallest absolute Gasteiger partial charge is 0.326 e. The Morgan fingerprint density at radius 2 is 2.12 bits per heavy atom. The largest absolute Gasteiger partial charge is 0.480 e. The van der Waals surface area contributed by atoms with Gasteiger partial charge in [-0.3, -0.25) is 10.1 Å². The van der Waals surface area contributed by atoms with Gasteiger partial charge in [-0.1, -0.05) is 26.2 Å². The minimum absolute atomic E-state index is 0.255. The molecule has 1 aliphatic rings. The van der Waals surface area contributed by atoms with Crippen LogP contribution in [0.1, 0.15) is 52.4 Å². The van der Waals surface area contributed by atoms with Crippen molar-refractivity contribution in [2.45, 2.75) is 64.0 Å². The van der Waals surface area contributed by atoms with Crippen LogP contribution in [0.2, 0.25) is 0 Å². The lowest BCUT2D eigenvalue weighted by atomic mass is 10.0. The van der Waals surface area contributed by atoms with Gasteiger partial charge in [0.25, 0.3) is 0 Å². The Kier molecular flexibility index (Phi) is 5.92. The summed E-state index contributed by atoms with van der Waals surface area (Å²) in [6, 6.07) is 0.375. The molecule has 1 atom stereocenters. The molecule has 1 fully saturated rings. The van der Waals surface area contributed by atoms with Crippen molar-refractivity contribution in [1.29, 1.82) is 0 Å². The maximum atomic E-state index is 11.2. The predicted octanol–water partition coefficient (Wildman–Crippen LogP) is 2.18. The highest BCUT2D eigenvalue weighted by Crippen LogP contribution is 2.22. The van der Waals surface area contributed by atoms with Crippen molar-refractivity contribution in [2.75, 3.05) is 13.2 Å². The van der Waals surface area contributed by atoms with E-state index in [-0.39, 0.29) is 6.61 Å². The zero-order chi connectivity index (χ0) is 12.7. The summed E-state index contributed by atoms with van der Waals surface area (Å²) in [5.74, 6) is -0.821. The van der Waals surface area contributed by atoms with Gasteiger partial charge in [0.2, 0.25) is 0 Å². The number of unbranched alkanes of at least 4 members (excludes halogenated alkanes) is 3. The summed E-state index contributed by atoms with van der Waals surface area (Å²) in [6.45, 7) is 4.79. The molecular formula is C13H25NO3. The molecule has 1 rings (SSSR count). The fraction of sp³-hybridized carbons (Fsp3) is 0.923. The molecule has 17 heavy (non-hydrogen) atoms. The molecule has 100 valence electrons. The van der Waals surface area contributed by atoms with Crippen molar-refractivity contribution < 1.29 is 14.6 Å². The molecule has 2 N–H and O–H groups in total. The van der Waals surface area contributed by atoms with E-state index in [0.29, 0.717) is 12.6 Å². The first-order valence-electron chi connectivity index (χ1n) is 6.67. The molecule has 0 radical (unpaired) electrons. The van der Waals surface area contributed by atoms with Gasteiger partial charge in [-0.05, 0) is 26.2 Å². The molecule has 0 aromatic carbocycles. The van der Waals surface area contributed by atoms with Crippen molar-refractivity contribution in [3.05, 3.63) is 0 Å². The topological polar surface area (TPSA) is 58.6 Å². The SMILES string of the molecule is CCCCCCOCC(C)(NC1CC1)C(=O)O. The van der Waals surface area contributed by atoms with E-state index in [2.05, 4.69) is 12.2 Å². The van der Waals surface area contributed by atoms with Crippen LogP contribution < -0.4 is 5.32 Å². The maximum absolute atomic E-state index is 11.2. The van der Waals surface area contributed by atoms with Crippen molar-refractivity contribution in [3.8, 4) is 0 Å². The third kappa shape index (κ3) is 5.50. The molecule has 1 aliphatic carbocycles. The average Bonchev–Trinajstić information content (AvgIpc) is 3.07. The molecule has 1 unspecified atom stereocenters. The molecule has 1 saturated carbocycles. The molecule has 0 aromatic rings. The number of carbonyl (C=O) groups is 1. The van der Waals surface area contributed by atoms with Crippen molar-refractivity contribution in [1.82, 2.24) is 5.32 Å². The first-order chi connectivity index (χ1) is 8.08. The van der Waals surface area contributed by atoms with Gasteiger partial charge in [0.1, 0.15) is 5.54 Å². The molecule has 0 heterocycles. The monoisotopic (exact) mass is 243 g/mol. The van der Waals surface area contributed by atoms with Crippen LogP contribution in [0, 0.1) is 0 Å². The first kappa shape index (κ1) is 14.5. The van der Waals surface area contributed by atoms with Gasteiger partial charge >= 0.3 is 5.97 Å². The van der Waals surface area contributed by atoms with Crippen LogP contribution >= 0.6 is 0 Å². The number of aliphatic carboxylic acids is 1. The van der Waals surface area contributed by atoms with E-state index in [1.165, 1.54) is 12.8 Å². The van der Waals surface area contributed by atoms with Crippen LogP contribution in [-0.2, 0) is 9.53 Å². The zero-order valence-corrected chi connectivity index (χ0v) is 11.0. The number of hydrogen-bond acceptors (Lipinski definition) is 3. The summed E-state index contributed by atoms with van der Waals surface area (Å²) in [5, 5.41) is 12.4. The summed E-state index contributed by atoms with van der Waals surface area (Å²) >= 11 is 0. The summed E-state index contributed by atoms with van der Waals surface area (Å²) < 4.78 is 5.49. The second-order valence-corrected chi connectivity index (χ2v) is 5.17. The highest BCUT2D eigenvalue weighted by molar-refractivity contribution is 5.78. The maximum Gasteiger partial charge on any atom is 0.326 e. The molecule has 0 aromatic heterocycles. The third-order valence-electron chi connectivity index (χ3n) is 3.11. The Morgan fingerprint density at radius 3 is 2.65 bits per heavy atom. The fourth-order valence-electron chi connectivity index (χ4n) is 1.75. The van der Waals surface area contributed by atoms with Crippen LogP contribution in [-0.4, -0.2) is 35.9 Å². The molecule has 4 nitrogen and oxygen atoms in total. The van der Waals surface area contributed by atoms with Gasteiger partial charge in [-0.2, -0.15) is 0 Å². The van der Waals surface area contributed by atoms with Crippen LogP contribution in [0.5, 0.6) is 0 Å². The highest BCUT2D eigenvalue weighted by Gasteiger charge is 2.38. The Hall–Kier alpha value is -0.610. The molecule has 0 saturated heterocycles. The molecule has 0 bridgehead atoms. The number of ether oxygens (including phenoxy) is 1. The normalized spacial score (nSPS) is 18.9. The molecule has 0 amide bonds. The van der Waals surface area contributed by atoms with Gasteiger partial charge in [0.05, 0.1) is 6.61 Å². The molecule has 4 heteroatoms. The van der Waals surface area contributed by atoms with E-state index in [9.17, 15) is 9.90 Å². The lowest BCUT2D eigenvalue weighted by molar-refractivity contribution is -0.147. The average molecular weight is 243 g/mol. The van der Waals surface area contributed by atoms with E-state index >= 15 is 0 Å². The van der Waals surface area contributed by atoms with E-state index in [0.717, 1.165) is 25.7 Å². The number of hydrogen-bond donors (Lipinski definition) is 2. The molecule has 0 aliphatic heterocycles. The Bertz CT molecular complexity index is 241. The van der Waals surface area contributed by atoms with Crippen LogP contribution in [0.15, 0.2) is 0 Å². The Labute approximate surface area is 104 Å². The van der Waals surface area contributed by atoms with Gasteiger partial charge in [-0.25, -0.2) is 0 Å². The summed E-state index contributed by atoms with van der Waals surface area (Å²) in [5.41, 5.74) is -0.925. The van der Waals surface area contributed by atoms with Crippen molar-refractivity contribution in [3.63, 3.8) is 0 Å². The number of nitrogens with one attached hydrogen (secondary N) is 1. The van der Waals surface area contributed by atoms with Crippen molar-refractivity contribution in [2.24, 2.45) is 0 Å². The quantitative estimate of drug-likeness (QED) is 0.577. The second kappa shape index (κ2) is 6.97. The highest BCUT2D eigenvalue weighted by atomic mass is 16.5. The minimum Gasteiger partial charge on any atom is -0.480 e. The van der Waals surface area contributed by atoms with Crippen LogP contribution in [0.25, 0.3) is 0 Å². The Balaban J connectivity index is 2.17. The van der Waals surface area contributed by atoms with Crippen LogP contribution in [0.4, 0.5) is 0 Å².